The average Bonchev–Trinajstić information content (AvgIpc) is 1.70. The molecular formula is C12H27BO3-. The largest absolute Gasteiger partial charge is 0.562 e. The highest BCUT2D eigenvalue weighted by Crippen LogP contribution is 2.20. The van der Waals surface area contributed by atoms with Crippen LogP contribution < -0.4 is 0 Å². The highest BCUT2D eigenvalue weighted by Gasteiger charge is 2.21. The van der Waals surface area contributed by atoms with E-state index >= 15 is 0 Å². The van der Waals surface area contributed by atoms with Crippen molar-refractivity contribution in [1.82, 2.24) is 0 Å². The molecule has 16 heavy (non-hydrogen) atoms. The van der Waals surface area contributed by atoms with Gasteiger partial charge < -0.3 is 14.0 Å². The quantitative estimate of drug-likeness (QED) is 0.695. The van der Waals surface area contributed by atoms with Crippen LogP contribution in [-0.2, 0) is 14.0 Å². The molecule has 0 unspecified atom stereocenters. The predicted molar refractivity (Wildman–Crippen MR) is 68.3 cm³/mol. The van der Waals surface area contributed by atoms with E-state index in [0.29, 0.717) is 0 Å². The van der Waals surface area contributed by atoms with Crippen LogP contribution in [0, 0.1) is 0 Å². The van der Waals surface area contributed by atoms with Gasteiger partial charge in [0.1, 0.15) is 0 Å². The minimum Gasteiger partial charge on any atom is -0.562 e. The highest BCUT2D eigenvalue weighted by molar-refractivity contribution is 6.36. The van der Waals surface area contributed by atoms with Crippen molar-refractivity contribution in [2.75, 3.05) is 0 Å². The van der Waals surface area contributed by atoms with Crippen molar-refractivity contribution >= 4 is 7.32 Å². The fraction of sp³-hybridized carbons (Fsp3) is 1.00. The van der Waals surface area contributed by atoms with Gasteiger partial charge in [0.2, 0.25) is 0 Å². The van der Waals surface area contributed by atoms with Crippen molar-refractivity contribution in [2.45, 2.75) is 79.1 Å². The van der Waals surface area contributed by atoms with Crippen LogP contribution in [0.1, 0.15) is 62.3 Å². The van der Waals surface area contributed by atoms with Crippen molar-refractivity contribution in [3.63, 3.8) is 0 Å². The lowest BCUT2D eigenvalue weighted by Gasteiger charge is -2.46. The zero-order valence-corrected chi connectivity index (χ0v) is 12.3. The molecule has 0 aliphatic heterocycles. The van der Waals surface area contributed by atoms with E-state index in [4.69, 9.17) is 14.0 Å². The summed E-state index contributed by atoms with van der Waals surface area (Å²) in [5.41, 5.74) is -0.872. The van der Waals surface area contributed by atoms with Crippen molar-refractivity contribution < 1.29 is 14.0 Å². The summed E-state index contributed by atoms with van der Waals surface area (Å²) in [4.78, 5) is 0. The Morgan fingerprint density at radius 1 is 0.500 bits per heavy atom. The monoisotopic (exact) mass is 230 g/mol. The molecule has 0 aliphatic rings. The van der Waals surface area contributed by atoms with Crippen molar-refractivity contribution in [3.8, 4) is 0 Å². The molecule has 0 aliphatic carbocycles. The van der Waals surface area contributed by atoms with E-state index in [1.54, 1.807) is 0 Å². The normalized spacial score (nSPS) is 14.6. The first-order valence-corrected chi connectivity index (χ1v) is 5.82. The Labute approximate surface area is 101 Å². The Morgan fingerprint density at radius 3 is 0.812 bits per heavy atom. The third-order valence-corrected chi connectivity index (χ3v) is 1.35. The molecule has 0 saturated carbocycles. The van der Waals surface area contributed by atoms with Gasteiger partial charge in [0.25, 0.3) is 0 Å². The summed E-state index contributed by atoms with van der Waals surface area (Å²) in [5, 5.41) is 0. The van der Waals surface area contributed by atoms with Crippen LogP contribution in [0.15, 0.2) is 0 Å². The SMILES string of the molecule is CC(C)(C)O[B-](OC(C)(C)C)OC(C)(C)C. The van der Waals surface area contributed by atoms with Crippen molar-refractivity contribution in [1.29, 1.82) is 0 Å². The Kier molecular flexibility index (Phi) is 5.05. The van der Waals surface area contributed by atoms with Crippen LogP contribution in [0.5, 0.6) is 0 Å². The Bertz CT molecular complexity index is 170. The van der Waals surface area contributed by atoms with E-state index in [-0.39, 0.29) is 16.8 Å². The third-order valence-electron chi connectivity index (χ3n) is 1.35. The maximum atomic E-state index is 5.75. The summed E-state index contributed by atoms with van der Waals surface area (Å²) >= 11 is 0. The van der Waals surface area contributed by atoms with Gasteiger partial charge in [-0.05, 0) is 62.3 Å². The van der Waals surface area contributed by atoms with E-state index in [2.05, 4.69) is 0 Å². The summed E-state index contributed by atoms with van der Waals surface area (Å²) in [7, 11) is -0.639. The molecule has 0 saturated heterocycles. The van der Waals surface area contributed by atoms with Crippen LogP contribution in [0.2, 0.25) is 0 Å². The van der Waals surface area contributed by atoms with Crippen LogP contribution in [0.4, 0.5) is 0 Å². The third kappa shape index (κ3) is 10.5. The predicted octanol–water partition coefficient (Wildman–Crippen LogP) is 3.42. The molecule has 0 aromatic carbocycles. The van der Waals surface area contributed by atoms with E-state index in [1.165, 1.54) is 0 Å². The van der Waals surface area contributed by atoms with E-state index < -0.39 is 7.32 Å². The lowest BCUT2D eigenvalue weighted by molar-refractivity contribution is -0.0503. The first-order chi connectivity index (χ1) is 6.79. The van der Waals surface area contributed by atoms with Gasteiger partial charge in [0.05, 0.1) is 0 Å². The number of hydrogen-bond acceptors (Lipinski definition) is 3. The standard InChI is InChI=1S/C12H27BO3/c1-10(2,3)14-13(15-11(4,5)6)16-12(7,8)9/h1-9H3/q-1. The summed E-state index contributed by atoms with van der Waals surface area (Å²) in [6, 6.07) is 0. The highest BCUT2D eigenvalue weighted by atomic mass is 16.8. The summed E-state index contributed by atoms with van der Waals surface area (Å²) < 4.78 is 17.2. The van der Waals surface area contributed by atoms with Gasteiger partial charge in [-0.1, -0.05) is 0 Å². The molecule has 0 spiro atoms. The lowest BCUT2D eigenvalue weighted by atomic mass is 10.0. The molecule has 1 radical (unpaired) electrons. The van der Waals surface area contributed by atoms with E-state index in [0.717, 1.165) is 0 Å². The Hall–Kier alpha value is -0.0551. The molecular weight excluding hydrogens is 203 g/mol. The topological polar surface area (TPSA) is 27.7 Å². The molecule has 3 nitrogen and oxygen atoms in total. The van der Waals surface area contributed by atoms with E-state index in [9.17, 15) is 0 Å². The van der Waals surface area contributed by atoms with Crippen molar-refractivity contribution in [3.05, 3.63) is 0 Å². The van der Waals surface area contributed by atoms with E-state index in [1.807, 2.05) is 62.3 Å². The van der Waals surface area contributed by atoms with Gasteiger partial charge in [0.15, 0.2) is 0 Å². The first kappa shape index (κ1) is 15.9. The smallest absolute Gasteiger partial charge is 0.305 e. The number of hydrogen-bond donors (Lipinski definition) is 0. The van der Waals surface area contributed by atoms with Gasteiger partial charge in [0, 0.05) is 16.8 Å². The minimum atomic E-state index is -0.639. The molecule has 0 aromatic heterocycles. The number of rotatable bonds is 3. The molecule has 97 valence electrons. The molecule has 0 aromatic rings. The van der Waals surface area contributed by atoms with Crippen LogP contribution in [0.3, 0.4) is 0 Å². The van der Waals surface area contributed by atoms with Crippen LogP contribution >= 0.6 is 0 Å². The van der Waals surface area contributed by atoms with Gasteiger partial charge in [-0.25, -0.2) is 0 Å². The summed E-state index contributed by atoms with van der Waals surface area (Å²) in [6.45, 7) is 17.9. The zero-order valence-electron chi connectivity index (χ0n) is 12.3. The maximum absolute atomic E-state index is 5.75. The van der Waals surface area contributed by atoms with Gasteiger partial charge in [-0.15, -0.1) is 0 Å². The maximum Gasteiger partial charge on any atom is 0.305 e. The fourth-order valence-corrected chi connectivity index (χ4v) is 0.938. The molecule has 0 heterocycles. The second-order valence-corrected chi connectivity index (χ2v) is 6.98. The molecule has 0 bridgehead atoms. The molecule has 0 rings (SSSR count). The van der Waals surface area contributed by atoms with Gasteiger partial charge in [-0.3, -0.25) is 0 Å². The first-order valence-electron chi connectivity index (χ1n) is 5.82. The zero-order chi connectivity index (χ0) is 13.2. The average molecular weight is 230 g/mol. The lowest BCUT2D eigenvalue weighted by Crippen LogP contribution is -2.44. The van der Waals surface area contributed by atoms with Crippen LogP contribution in [-0.4, -0.2) is 24.1 Å². The molecule has 0 atom stereocenters. The Balaban J connectivity index is 4.53. The molecule has 4 heteroatoms. The van der Waals surface area contributed by atoms with Gasteiger partial charge in [-0.2, -0.15) is 0 Å². The second kappa shape index (κ2) is 5.07. The summed E-state index contributed by atoms with van der Waals surface area (Å²) in [6.07, 6.45) is 0. The molecule has 0 fully saturated rings. The minimum absolute atomic E-state index is 0.291. The molecule has 0 amide bonds. The fourth-order valence-electron chi connectivity index (χ4n) is 0.938. The second-order valence-electron chi connectivity index (χ2n) is 6.98. The summed E-state index contributed by atoms with van der Waals surface area (Å²) in [5.74, 6) is 0. The molecule has 0 N–H and O–H groups in total. The van der Waals surface area contributed by atoms with Gasteiger partial charge >= 0.3 is 7.32 Å². The Morgan fingerprint density at radius 2 is 0.688 bits per heavy atom. The van der Waals surface area contributed by atoms with Crippen molar-refractivity contribution in [2.24, 2.45) is 0 Å². The van der Waals surface area contributed by atoms with Crippen LogP contribution in [0.25, 0.3) is 0 Å².